The fourth-order valence-electron chi connectivity index (χ4n) is 2.70. The van der Waals surface area contributed by atoms with Crippen molar-refractivity contribution in [2.45, 2.75) is 19.9 Å². The predicted molar refractivity (Wildman–Crippen MR) is 102 cm³/mol. The highest BCUT2D eigenvalue weighted by molar-refractivity contribution is 7.09. The van der Waals surface area contributed by atoms with Crippen LogP contribution in [-0.4, -0.2) is 17.5 Å². The molecule has 0 aliphatic carbocycles. The van der Waals surface area contributed by atoms with E-state index in [-0.39, 0.29) is 23.7 Å². The molecule has 144 valence electrons. The molecule has 0 saturated carbocycles. The zero-order valence-electron chi connectivity index (χ0n) is 15.1. The number of non-ortho nitro benzene ring substituents is 1. The van der Waals surface area contributed by atoms with Crippen LogP contribution in [0.15, 0.2) is 54.0 Å². The predicted octanol–water partition coefficient (Wildman–Crippen LogP) is 3.84. The molecule has 3 aromatic rings. The average molecular weight is 401 g/mol. The van der Waals surface area contributed by atoms with E-state index in [1.54, 1.807) is 18.2 Å². The number of hydrogen-bond acceptors (Lipinski definition) is 5. The molecule has 28 heavy (non-hydrogen) atoms. The van der Waals surface area contributed by atoms with Crippen LogP contribution in [0.2, 0.25) is 0 Å². The van der Waals surface area contributed by atoms with Crippen molar-refractivity contribution >= 4 is 23.0 Å². The molecule has 0 atom stereocenters. The van der Waals surface area contributed by atoms with Gasteiger partial charge in [-0.05, 0) is 24.3 Å². The number of aromatic nitrogens is 1. The molecule has 0 saturated heterocycles. The third kappa shape index (κ3) is 4.58. The number of thiazole rings is 1. The number of rotatable bonds is 7. The summed E-state index contributed by atoms with van der Waals surface area (Å²) in [6.07, 6.45) is 0.541. The molecule has 0 aliphatic heterocycles. The van der Waals surface area contributed by atoms with Crippen molar-refractivity contribution in [2.75, 3.05) is 6.61 Å². The zero-order valence-corrected chi connectivity index (χ0v) is 15.9. The summed E-state index contributed by atoms with van der Waals surface area (Å²) in [6, 6.07) is 11.9. The standard InChI is InChI=1S/C20H18FN2O4S/c1-14-19(28-13-22(14)12-16-4-2-3-5-18(16)21)10-11-27-20(24)15-6-8-17(9-7-15)23(25)26/h2-9,13H,10-12H2,1H3/q+1. The van der Waals surface area contributed by atoms with Crippen molar-refractivity contribution in [3.63, 3.8) is 0 Å². The number of nitro groups is 1. The molecule has 0 N–H and O–H groups in total. The molecule has 3 rings (SSSR count). The second kappa shape index (κ2) is 8.71. The maximum atomic E-state index is 13.8. The number of benzene rings is 2. The van der Waals surface area contributed by atoms with Gasteiger partial charge in [-0.3, -0.25) is 10.1 Å². The molecule has 0 unspecified atom stereocenters. The Bertz CT molecular complexity index is 1000. The minimum atomic E-state index is -0.525. The average Bonchev–Trinajstić information content (AvgIpc) is 3.03. The molecule has 2 aromatic carbocycles. The van der Waals surface area contributed by atoms with Gasteiger partial charge < -0.3 is 4.74 Å². The van der Waals surface area contributed by atoms with Gasteiger partial charge in [-0.1, -0.05) is 23.5 Å². The van der Waals surface area contributed by atoms with Gasteiger partial charge in [0, 0.05) is 25.5 Å². The molecular formula is C20H18FN2O4S+. The van der Waals surface area contributed by atoms with Gasteiger partial charge in [0.1, 0.15) is 5.82 Å². The first kappa shape index (κ1) is 19.6. The van der Waals surface area contributed by atoms with Crippen LogP contribution < -0.4 is 4.57 Å². The van der Waals surface area contributed by atoms with Crippen LogP contribution in [0.3, 0.4) is 0 Å². The molecule has 0 amide bonds. The normalized spacial score (nSPS) is 10.6. The summed E-state index contributed by atoms with van der Waals surface area (Å²) >= 11 is 1.53. The van der Waals surface area contributed by atoms with Gasteiger partial charge in [-0.15, -0.1) is 0 Å². The summed E-state index contributed by atoms with van der Waals surface area (Å²) in [5.74, 6) is -0.762. The third-order valence-electron chi connectivity index (χ3n) is 4.33. The Morgan fingerprint density at radius 1 is 1.21 bits per heavy atom. The van der Waals surface area contributed by atoms with Gasteiger partial charge in [0.25, 0.3) is 5.69 Å². The maximum Gasteiger partial charge on any atom is 0.338 e. The second-order valence-corrected chi connectivity index (χ2v) is 7.08. The van der Waals surface area contributed by atoms with Gasteiger partial charge in [0.2, 0.25) is 5.51 Å². The van der Waals surface area contributed by atoms with Crippen molar-refractivity contribution in [2.24, 2.45) is 0 Å². The largest absolute Gasteiger partial charge is 0.462 e. The van der Waals surface area contributed by atoms with E-state index in [0.717, 1.165) is 10.6 Å². The van der Waals surface area contributed by atoms with E-state index in [0.29, 0.717) is 18.5 Å². The molecule has 0 bridgehead atoms. The summed E-state index contributed by atoms with van der Waals surface area (Å²) < 4.78 is 21.1. The Morgan fingerprint density at radius 2 is 1.93 bits per heavy atom. The summed E-state index contributed by atoms with van der Waals surface area (Å²) in [5, 5.41) is 10.6. The van der Waals surface area contributed by atoms with Crippen molar-refractivity contribution in [1.82, 2.24) is 0 Å². The SMILES string of the molecule is Cc1c(CCOC(=O)c2ccc([N+](=O)[O-])cc2)sc[n+]1Cc1ccccc1F. The summed E-state index contributed by atoms with van der Waals surface area (Å²) in [6.45, 7) is 2.58. The number of nitro benzene ring substituents is 1. The first-order valence-electron chi connectivity index (χ1n) is 8.57. The van der Waals surface area contributed by atoms with Crippen LogP contribution >= 0.6 is 11.3 Å². The smallest absolute Gasteiger partial charge is 0.338 e. The molecule has 6 nitrogen and oxygen atoms in total. The van der Waals surface area contributed by atoms with Crippen LogP contribution in [0, 0.1) is 22.9 Å². The summed E-state index contributed by atoms with van der Waals surface area (Å²) in [5.41, 5.74) is 3.73. The lowest BCUT2D eigenvalue weighted by Gasteiger charge is -2.04. The lowest BCUT2D eigenvalue weighted by Crippen LogP contribution is -2.35. The van der Waals surface area contributed by atoms with Crippen LogP contribution in [0.5, 0.6) is 0 Å². The number of hydrogen-bond donors (Lipinski definition) is 0. The van der Waals surface area contributed by atoms with Crippen LogP contribution in [0.25, 0.3) is 0 Å². The minimum absolute atomic E-state index is 0.0785. The van der Waals surface area contributed by atoms with E-state index >= 15 is 0 Å². The Balaban J connectivity index is 1.56. The van der Waals surface area contributed by atoms with Crippen LogP contribution in [0.1, 0.15) is 26.5 Å². The first-order valence-corrected chi connectivity index (χ1v) is 9.45. The van der Waals surface area contributed by atoms with E-state index < -0.39 is 10.9 Å². The monoisotopic (exact) mass is 401 g/mol. The Hall–Kier alpha value is -3.13. The number of ether oxygens (including phenoxy) is 1. The molecular weight excluding hydrogens is 383 g/mol. The fraction of sp³-hybridized carbons (Fsp3) is 0.200. The van der Waals surface area contributed by atoms with E-state index in [9.17, 15) is 19.3 Å². The highest BCUT2D eigenvalue weighted by Gasteiger charge is 2.18. The van der Waals surface area contributed by atoms with E-state index in [1.165, 1.54) is 41.7 Å². The topological polar surface area (TPSA) is 73.3 Å². The second-order valence-electron chi connectivity index (χ2n) is 6.14. The quantitative estimate of drug-likeness (QED) is 0.261. The fourth-order valence-corrected chi connectivity index (χ4v) is 3.67. The molecule has 0 fully saturated rings. The molecule has 0 spiro atoms. The summed E-state index contributed by atoms with van der Waals surface area (Å²) in [7, 11) is 0. The Morgan fingerprint density at radius 3 is 2.61 bits per heavy atom. The Labute approximate surface area is 165 Å². The van der Waals surface area contributed by atoms with E-state index in [4.69, 9.17) is 4.74 Å². The zero-order chi connectivity index (χ0) is 20.1. The van der Waals surface area contributed by atoms with Crippen molar-refractivity contribution in [3.05, 3.63) is 91.7 Å². The Kier molecular flexibility index (Phi) is 6.10. The number of carbonyl (C=O) groups excluding carboxylic acids is 1. The first-order chi connectivity index (χ1) is 13.5. The third-order valence-corrected chi connectivity index (χ3v) is 5.48. The number of esters is 1. The highest BCUT2D eigenvalue weighted by atomic mass is 32.1. The van der Waals surface area contributed by atoms with Crippen molar-refractivity contribution < 1.29 is 23.4 Å². The van der Waals surface area contributed by atoms with Crippen molar-refractivity contribution in [1.29, 1.82) is 0 Å². The molecule has 0 radical (unpaired) electrons. The number of nitrogens with zero attached hydrogens (tertiary/aromatic N) is 2. The molecule has 0 aliphatic rings. The number of halogens is 1. The van der Waals surface area contributed by atoms with Crippen molar-refractivity contribution in [3.8, 4) is 0 Å². The van der Waals surface area contributed by atoms with Gasteiger partial charge in [-0.25, -0.2) is 9.18 Å². The van der Waals surface area contributed by atoms with Crippen LogP contribution in [-0.2, 0) is 17.7 Å². The van der Waals surface area contributed by atoms with Gasteiger partial charge >= 0.3 is 5.97 Å². The molecule has 1 aromatic heterocycles. The molecule has 8 heteroatoms. The lowest BCUT2D eigenvalue weighted by molar-refractivity contribution is -0.689. The van der Waals surface area contributed by atoms with Gasteiger partial charge in [-0.2, -0.15) is 4.57 Å². The van der Waals surface area contributed by atoms with Gasteiger partial charge in [0.05, 0.1) is 27.5 Å². The number of carbonyl (C=O) groups is 1. The molecule has 1 heterocycles. The minimum Gasteiger partial charge on any atom is -0.462 e. The van der Waals surface area contributed by atoms with Gasteiger partial charge in [0.15, 0.2) is 12.2 Å². The van der Waals surface area contributed by atoms with E-state index in [2.05, 4.69) is 0 Å². The van der Waals surface area contributed by atoms with Crippen LogP contribution in [0.4, 0.5) is 10.1 Å². The summed E-state index contributed by atoms with van der Waals surface area (Å²) in [4.78, 5) is 23.2. The maximum absolute atomic E-state index is 13.8. The lowest BCUT2D eigenvalue weighted by atomic mass is 10.2. The highest BCUT2D eigenvalue weighted by Crippen LogP contribution is 2.15. The van der Waals surface area contributed by atoms with E-state index in [1.807, 2.05) is 17.0 Å².